The summed E-state index contributed by atoms with van der Waals surface area (Å²) in [7, 11) is 0. The van der Waals surface area contributed by atoms with E-state index in [1.54, 1.807) is 0 Å². The maximum atomic E-state index is 5.82. The zero-order chi connectivity index (χ0) is 23.0. The van der Waals surface area contributed by atoms with Gasteiger partial charge in [-0.05, 0) is 60.4 Å². The van der Waals surface area contributed by atoms with Crippen molar-refractivity contribution < 1.29 is 4.74 Å². The summed E-state index contributed by atoms with van der Waals surface area (Å²) in [5.41, 5.74) is 5.60. The van der Waals surface area contributed by atoms with Crippen LogP contribution in [0.15, 0.2) is 92.0 Å². The fourth-order valence-corrected chi connectivity index (χ4v) is 3.31. The summed E-state index contributed by atoms with van der Waals surface area (Å²) in [5.74, 6) is 7.56. The third kappa shape index (κ3) is 8.32. The van der Waals surface area contributed by atoms with Crippen LogP contribution < -0.4 is 4.74 Å². The van der Waals surface area contributed by atoms with Crippen molar-refractivity contribution in [2.75, 3.05) is 6.61 Å². The summed E-state index contributed by atoms with van der Waals surface area (Å²) in [6.45, 7) is 11.1. The molecule has 0 aliphatic heterocycles. The largest absolute Gasteiger partial charge is 0.494 e. The highest BCUT2D eigenvalue weighted by Crippen LogP contribution is 2.21. The van der Waals surface area contributed by atoms with Crippen LogP contribution >= 0.6 is 0 Å². The number of rotatable bonds is 8. The SMILES string of the molecule is C=C.CCCCCCOc1ccc(C#Cc2ccccc2/C(C)=C/c2ccccc2)cc1. The first-order chi connectivity index (χ1) is 15.8. The van der Waals surface area contributed by atoms with Gasteiger partial charge >= 0.3 is 0 Å². The minimum atomic E-state index is 0.783. The second-order valence-electron chi connectivity index (χ2n) is 7.47. The predicted octanol–water partition coefficient (Wildman–Crippen LogP) is 8.41. The topological polar surface area (TPSA) is 9.23 Å². The first kappa shape index (κ1) is 24.8. The fourth-order valence-electron chi connectivity index (χ4n) is 3.31. The summed E-state index contributed by atoms with van der Waals surface area (Å²) in [6, 6.07) is 26.8. The molecule has 0 aliphatic rings. The Morgan fingerprint density at radius 1 is 0.812 bits per heavy atom. The number of benzene rings is 3. The van der Waals surface area contributed by atoms with Crippen molar-refractivity contribution in [1.29, 1.82) is 0 Å². The molecule has 1 nitrogen and oxygen atoms in total. The van der Waals surface area contributed by atoms with Gasteiger partial charge in [0, 0.05) is 11.1 Å². The Kier molecular flexibility index (Phi) is 11.2. The monoisotopic (exact) mass is 422 g/mol. The summed E-state index contributed by atoms with van der Waals surface area (Å²) >= 11 is 0. The molecule has 0 unspecified atom stereocenters. The molecule has 0 heterocycles. The van der Waals surface area contributed by atoms with Gasteiger partial charge in [0.2, 0.25) is 0 Å². The summed E-state index contributed by atoms with van der Waals surface area (Å²) in [6.07, 6.45) is 7.07. The number of hydrogen-bond acceptors (Lipinski definition) is 1. The Labute approximate surface area is 194 Å². The van der Waals surface area contributed by atoms with Crippen LogP contribution in [0.4, 0.5) is 0 Å². The molecule has 3 aromatic carbocycles. The normalized spacial score (nSPS) is 10.4. The molecule has 0 bridgehead atoms. The maximum absolute atomic E-state index is 5.82. The van der Waals surface area contributed by atoms with Crippen LogP contribution in [0.5, 0.6) is 5.75 Å². The van der Waals surface area contributed by atoms with E-state index in [2.05, 4.69) is 87.4 Å². The Bertz CT molecular complexity index is 1020. The van der Waals surface area contributed by atoms with Gasteiger partial charge in [0.15, 0.2) is 0 Å². The Hall–Kier alpha value is -3.50. The zero-order valence-electron chi connectivity index (χ0n) is 19.4. The van der Waals surface area contributed by atoms with Gasteiger partial charge in [-0.2, -0.15) is 0 Å². The van der Waals surface area contributed by atoms with Crippen molar-refractivity contribution in [3.63, 3.8) is 0 Å². The van der Waals surface area contributed by atoms with E-state index in [0.717, 1.165) is 29.9 Å². The van der Waals surface area contributed by atoms with Gasteiger partial charge in [-0.1, -0.05) is 92.6 Å². The van der Waals surface area contributed by atoms with Gasteiger partial charge in [0.1, 0.15) is 5.75 Å². The molecule has 0 atom stereocenters. The van der Waals surface area contributed by atoms with Gasteiger partial charge in [0.05, 0.1) is 6.61 Å². The molecule has 0 N–H and O–H groups in total. The lowest BCUT2D eigenvalue weighted by Gasteiger charge is -2.06. The van der Waals surface area contributed by atoms with Crippen molar-refractivity contribution in [2.45, 2.75) is 39.5 Å². The second-order valence-corrected chi connectivity index (χ2v) is 7.47. The van der Waals surface area contributed by atoms with E-state index < -0.39 is 0 Å². The standard InChI is InChI=1S/C29H30O.C2H4/c1-3-4-5-11-22-30-28-20-17-25(18-21-28)16-19-27-14-9-10-15-29(27)24(2)23-26-12-7-6-8-13-26;1-2/h6-10,12-15,17-18,20-21,23H,3-5,11,22H2,1-2H3;1-2H2/b24-23+;. The third-order valence-corrected chi connectivity index (χ3v) is 5.00. The average Bonchev–Trinajstić information content (AvgIpc) is 2.85. The fraction of sp³-hybridized carbons (Fsp3) is 0.226. The molecule has 0 radical (unpaired) electrons. The minimum absolute atomic E-state index is 0.783. The third-order valence-electron chi connectivity index (χ3n) is 5.00. The van der Waals surface area contributed by atoms with E-state index in [0.29, 0.717) is 0 Å². The molecule has 32 heavy (non-hydrogen) atoms. The van der Waals surface area contributed by atoms with Crippen molar-refractivity contribution >= 4 is 11.6 Å². The summed E-state index contributed by atoms with van der Waals surface area (Å²) in [4.78, 5) is 0. The maximum Gasteiger partial charge on any atom is 0.119 e. The molecule has 0 spiro atoms. The van der Waals surface area contributed by atoms with Crippen LogP contribution in [-0.2, 0) is 0 Å². The van der Waals surface area contributed by atoms with E-state index >= 15 is 0 Å². The predicted molar refractivity (Wildman–Crippen MR) is 140 cm³/mol. The smallest absolute Gasteiger partial charge is 0.119 e. The van der Waals surface area contributed by atoms with Crippen molar-refractivity contribution in [3.8, 4) is 17.6 Å². The lowest BCUT2D eigenvalue weighted by atomic mass is 9.99. The van der Waals surface area contributed by atoms with Gasteiger partial charge in [-0.15, -0.1) is 13.2 Å². The van der Waals surface area contributed by atoms with Gasteiger partial charge in [0.25, 0.3) is 0 Å². The van der Waals surface area contributed by atoms with Crippen LogP contribution in [0.1, 0.15) is 61.8 Å². The Balaban J connectivity index is 0.00000176. The summed E-state index contributed by atoms with van der Waals surface area (Å²) in [5, 5.41) is 0. The molecule has 3 rings (SSSR count). The highest BCUT2D eigenvalue weighted by atomic mass is 16.5. The zero-order valence-corrected chi connectivity index (χ0v) is 19.4. The van der Waals surface area contributed by atoms with Crippen molar-refractivity contribution in [2.24, 2.45) is 0 Å². The van der Waals surface area contributed by atoms with E-state index in [1.807, 2.05) is 36.4 Å². The molecule has 0 aliphatic carbocycles. The van der Waals surface area contributed by atoms with E-state index in [9.17, 15) is 0 Å². The summed E-state index contributed by atoms with van der Waals surface area (Å²) < 4.78 is 5.82. The minimum Gasteiger partial charge on any atom is -0.494 e. The lowest BCUT2D eigenvalue weighted by molar-refractivity contribution is 0.305. The van der Waals surface area contributed by atoms with E-state index in [4.69, 9.17) is 4.74 Å². The van der Waals surface area contributed by atoms with Crippen molar-refractivity contribution in [1.82, 2.24) is 0 Å². The molecule has 0 saturated carbocycles. The Morgan fingerprint density at radius 2 is 1.50 bits per heavy atom. The van der Waals surface area contributed by atoms with Crippen LogP contribution in [0.25, 0.3) is 11.6 Å². The van der Waals surface area contributed by atoms with Gasteiger partial charge in [-0.3, -0.25) is 0 Å². The van der Waals surface area contributed by atoms with Crippen LogP contribution in [0, 0.1) is 11.8 Å². The van der Waals surface area contributed by atoms with Gasteiger partial charge in [-0.25, -0.2) is 0 Å². The van der Waals surface area contributed by atoms with E-state index in [1.165, 1.54) is 36.0 Å². The second kappa shape index (κ2) is 14.5. The molecule has 0 fully saturated rings. The molecular weight excluding hydrogens is 388 g/mol. The number of ether oxygens (including phenoxy) is 1. The van der Waals surface area contributed by atoms with Crippen LogP contribution in [0.2, 0.25) is 0 Å². The molecular formula is C31H34O. The molecule has 0 amide bonds. The first-order valence-electron chi connectivity index (χ1n) is 11.3. The number of hydrogen-bond donors (Lipinski definition) is 0. The van der Waals surface area contributed by atoms with Crippen LogP contribution in [0.3, 0.4) is 0 Å². The molecule has 3 aromatic rings. The quantitative estimate of drug-likeness (QED) is 0.153. The Morgan fingerprint density at radius 3 is 2.22 bits per heavy atom. The van der Waals surface area contributed by atoms with Gasteiger partial charge < -0.3 is 4.74 Å². The molecule has 164 valence electrons. The molecule has 1 heteroatoms. The first-order valence-corrected chi connectivity index (χ1v) is 11.3. The number of allylic oxidation sites excluding steroid dienone is 1. The van der Waals surface area contributed by atoms with Crippen molar-refractivity contribution in [3.05, 3.63) is 114 Å². The van der Waals surface area contributed by atoms with E-state index in [-0.39, 0.29) is 0 Å². The molecule has 0 saturated heterocycles. The highest BCUT2D eigenvalue weighted by molar-refractivity contribution is 5.82. The average molecular weight is 423 g/mol. The molecule has 0 aromatic heterocycles. The highest BCUT2D eigenvalue weighted by Gasteiger charge is 2.02. The van der Waals surface area contributed by atoms with Crippen LogP contribution in [-0.4, -0.2) is 6.61 Å². The number of unbranched alkanes of at least 4 members (excludes halogenated alkanes) is 3. The lowest BCUT2D eigenvalue weighted by Crippen LogP contribution is -1.96.